The van der Waals surface area contributed by atoms with Crippen LogP contribution in [0.3, 0.4) is 0 Å². The standard InChI is InChI=1S/C31H38N2O2/c1-25(33-22-7-2-3-8-23-33)28-15-13-26(14-16-28)12-9-21-32-31(34)29-17-19-30(20-18-29)35-24-27-10-5-4-6-11-27/h4-6,10-11,13-20,25H,2-3,7-9,12,21-24H2,1H3,(H,32,34). The van der Waals surface area contributed by atoms with Gasteiger partial charge in [-0.2, -0.15) is 0 Å². The van der Waals surface area contributed by atoms with Gasteiger partial charge in [-0.25, -0.2) is 0 Å². The highest BCUT2D eigenvalue weighted by atomic mass is 16.5. The van der Waals surface area contributed by atoms with E-state index in [1.807, 2.05) is 54.6 Å². The summed E-state index contributed by atoms with van der Waals surface area (Å²) < 4.78 is 5.80. The fraction of sp³-hybridized carbons (Fsp3) is 0.387. The Morgan fingerprint density at radius 2 is 1.54 bits per heavy atom. The van der Waals surface area contributed by atoms with Gasteiger partial charge in [-0.3, -0.25) is 9.69 Å². The summed E-state index contributed by atoms with van der Waals surface area (Å²) in [4.78, 5) is 15.1. The summed E-state index contributed by atoms with van der Waals surface area (Å²) in [5.41, 5.74) is 4.51. The molecule has 184 valence electrons. The molecule has 35 heavy (non-hydrogen) atoms. The van der Waals surface area contributed by atoms with Crippen molar-refractivity contribution in [3.63, 3.8) is 0 Å². The zero-order valence-corrected chi connectivity index (χ0v) is 20.9. The predicted molar refractivity (Wildman–Crippen MR) is 143 cm³/mol. The monoisotopic (exact) mass is 470 g/mol. The maximum atomic E-state index is 12.5. The number of amides is 1. The molecule has 0 saturated carbocycles. The van der Waals surface area contributed by atoms with Crippen LogP contribution in [0.1, 0.15) is 72.1 Å². The van der Waals surface area contributed by atoms with Crippen molar-refractivity contribution in [1.29, 1.82) is 0 Å². The molecule has 1 amide bonds. The van der Waals surface area contributed by atoms with Crippen LogP contribution in [-0.4, -0.2) is 30.4 Å². The number of carbonyl (C=O) groups excluding carboxylic acids is 1. The predicted octanol–water partition coefficient (Wildman–Crippen LogP) is 6.57. The van der Waals surface area contributed by atoms with Gasteiger partial charge in [0.05, 0.1) is 0 Å². The fourth-order valence-corrected chi connectivity index (χ4v) is 4.70. The van der Waals surface area contributed by atoms with E-state index in [2.05, 4.69) is 41.4 Å². The Kier molecular flexibility index (Phi) is 9.36. The Balaban J connectivity index is 1.17. The van der Waals surface area contributed by atoms with Crippen LogP contribution in [0, 0.1) is 0 Å². The summed E-state index contributed by atoms with van der Waals surface area (Å²) in [5, 5.41) is 3.04. The lowest BCUT2D eigenvalue weighted by Crippen LogP contribution is -2.27. The minimum Gasteiger partial charge on any atom is -0.489 e. The lowest BCUT2D eigenvalue weighted by molar-refractivity contribution is 0.0953. The Labute approximate surface area is 210 Å². The molecule has 0 spiro atoms. The minimum atomic E-state index is -0.0405. The fourth-order valence-electron chi connectivity index (χ4n) is 4.70. The van der Waals surface area contributed by atoms with E-state index in [1.165, 1.54) is 49.9 Å². The van der Waals surface area contributed by atoms with Crippen molar-refractivity contribution in [3.05, 3.63) is 101 Å². The SMILES string of the molecule is CC(c1ccc(CCCNC(=O)c2ccc(OCc3ccccc3)cc2)cc1)N1CCCCCC1. The van der Waals surface area contributed by atoms with Gasteiger partial charge in [0.2, 0.25) is 0 Å². The molecule has 1 N–H and O–H groups in total. The second-order valence-corrected chi connectivity index (χ2v) is 9.53. The van der Waals surface area contributed by atoms with Gasteiger partial charge in [0, 0.05) is 18.2 Å². The molecule has 1 fully saturated rings. The summed E-state index contributed by atoms with van der Waals surface area (Å²) in [6, 6.07) is 27.0. The number of hydrogen-bond acceptors (Lipinski definition) is 3. The molecule has 0 aromatic heterocycles. The molecule has 1 atom stereocenters. The van der Waals surface area contributed by atoms with Crippen LogP contribution in [0.15, 0.2) is 78.9 Å². The summed E-state index contributed by atoms with van der Waals surface area (Å²) >= 11 is 0. The van der Waals surface area contributed by atoms with Crippen LogP contribution >= 0.6 is 0 Å². The van der Waals surface area contributed by atoms with Crippen molar-refractivity contribution >= 4 is 5.91 Å². The molecule has 1 heterocycles. The van der Waals surface area contributed by atoms with E-state index >= 15 is 0 Å². The smallest absolute Gasteiger partial charge is 0.251 e. The van der Waals surface area contributed by atoms with Crippen LogP contribution in [0.5, 0.6) is 5.75 Å². The van der Waals surface area contributed by atoms with Crippen LogP contribution in [0.2, 0.25) is 0 Å². The summed E-state index contributed by atoms with van der Waals surface area (Å²) in [5.74, 6) is 0.722. The van der Waals surface area contributed by atoms with Gasteiger partial charge in [-0.05, 0) is 86.7 Å². The molecule has 1 aliphatic heterocycles. The van der Waals surface area contributed by atoms with Gasteiger partial charge in [-0.15, -0.1) is 0 Å². The van der Waals surface area contributed by atoms with E-state index in [-0.39, 0.29) is 5.91 Å². The number of nitrogens with one attached hydrogen (secondary N) is 1. The highest BCUT2D eigenvalue weighted by Gasteiger charge is 2.17. The number of benzene rings is 3. The van der Waals surface area contributed by atoms with Crippen molar-refractivity contribution < 1.29 is 9.53 Å². The molecule has 1 aliphatic rings. The molecule has 3 aromatic rings. The van der Waals surface area contributed by atoms with E-state index in [4.69, 9.17) is 4.74 Å². The minimum absolute atomic E-state index is 0.0405. The normalized spacial score (nSPS) is 15.2. The van der Waals surface area contributed by atoms with Crippen molar-refractivity contribution in [2.75, 3.05) is 19.6 Å². The van der Waals surface area contributed by atoms with Crippen LogP contribution in [0.4, 0.5) is 0 Å². The second-order valence-electron chi connectivity index (χ2n) is 9.53. The van der Waals surface area contributed by atoms with Crippen LogP contribution < -0.4 is 10.1 Å². The molecular formula is C31H38N2O2. The van der Waals surface area contributed by atoms with Crippen LogP contribution in [0.25, 0.3) is 0 Å². The number of hydrogen-bond donors (Lipinski definition) is 1. The first-order valence-corrected chi connectivity index (χ1v) is 13.1. The Bertz CT molecular complexity index is 1020. The number of carbonyl (C=O) groups is 1. The molecule has 0 aliphatic carbocycles. The van der Waals surface area contributed by atoms with Gasteiger partial charge in [0.15, 0.2) is 0 Å². The van der Waals surface area contributed by atoms with Crippen molar-refractivity contribution in [3.8, 4) is 5.75 Å². The van der Waals surface area contributed by atoms with E-state index in [1.54, 1.807) is 0 Å². The summed E-state index contributed by atoms with van der Waals surface area (Å²) in [7, 11) is 0. The summed E-state index contributed by atoms with van der Waals surface area (Å²) in [6.45, 7) is 5.94. The zero-order chi connectivity index (χ0) is 24.3. The number of likely N-dealkylation sites (tertiary alicyclic amines) is 1. The summed E-state index contributed by atoms with van der Waals surface area (Å²) in [6.07, 6.45) is 7.26. The van der Waals surface area contributed by atoms with Crippen molar-refractivity contribution in [2.45, 2.75) is 58.1 Å². The number of nitrogens with zero attached hydrogens (tertiary/aromatic N) is 1. The topological polar surface area (TPSA) is 41.6 Å². The number of rotatable bonds is 10. The molecule has 0 bridgehead atoms. The van der Waals surface area contributed by atoms with E-state index in [0.717, 1.165) is 24.2 Å². The highest BCUT2D eigenvalue weighted by Crippen LogP contribution is 2.24. The van der Waals surface area contributed by atoms with Crippen LogP contribution in [-0.2, 0) is 13.0 Å². The van der Waals surface area contributed by atoms with E-state index in [9.17, 15) is 4.79 Å². The molecule has 4 nitrogen and oxygen atoms in total. The maximum absolute atomic E-state index is 12.5. The van der Waals surface area contributed by atoms with E-state index in [0.29, 0.717) is 24.8 Å². The first kappa shape index (κ1) is 25.0. The first-order valence-electron chi connectivity index (χ1n) is 13.1. The number of aryl methyl sites for hydroxylation is 1. The van der Waals surface area contributed by atoms with Gasteiger partial charge < -0.3 is 10.1 Å². The lowest BCUT2D eigenvalue weighted by Gasteiger charge is -2.28. The largest absolute Gasteiger partial charge is 0.489 e. The maximum Gasteiger partial charge on any atom is 0.251 e. The van der Waals surface area contributed by atoms with Gasteiger partial charge >= 0.3 is 0 Å². The molecule has 1 saturated heterocycles. The van der Waals surface area contributed by atoms with Crippen molar-refractivity contribution in [2.24, 2.45) is 0 Å². The molecule has 4 rings (SSSR count). The molecule has 0 radical (unpaired) electrons. The highest BCUT2D eigenvalue weighted by molar-refractivity contribution is 5.94. The number of ether oxygens (including phenoxy) is 1. The average Bonchev–Trinajstić information content (AvgIpc) is 3.20. The Morgan fingerprint density at radius 3 is 2.23 bits per heavy atom. The van der Waals surface area contributed by atoms with Gasteiger partial charge in [-0.1, -0.05) is 67.4 Å². The molecule has 4 heteroatoms. The van der Waals surface area contributed by atoms with Crippen molar-refractivity contribution in [1.82, 2.24) is 10.2 Å². The third kappa shape index (κ3) is 7.69. The molecule has 3 aromatic carbocycles. The van der Waals surface area contributed by atoms with Gasteiger partial charge in [0.1, 0.15) is 12.4 Å². The third-order valence-corrected chi connectivity index (χ3v) is 6.94. The molecular weight excluding hydrogens is 432 g/mol. The Morgan fingerprint density at radius 1 is 0.857 bits per heavy atom. The van der Waals surface area contributed by atoms with Gasteiger partial charge in [0.25, 0.3) is 5.91 Å². The molecule has 1 unspecified atom stereocenters. The second kappa shape index (κ2) is 13.1. The Hall–Kier alpha value is -3.11. The third-order valence-electron chi connectivity index (χ3n) is 6.94. The quantitative estimate of drug-likeness (QED) is 0.341. The van der Waals surface area contributed by atoms with E-state index < -0.39 is 0 Å². The average molecular weight is 471 g/mol. The lowest BCUT2D eigenvalue weighted by atomic mass is 10.0. The first-order chi connectivity index (χ1) is 17.2. The zero-order valence-electron chi connectivity index (χ0n) is 20.9.